The minimum Gasteiger partial charge on any atom is -0.398 e. The van der Waals surface area contributed by atoms with E-state index in [1.165, 1.54) is 13.2 Å². The van der Waals surface area contributed by atoms with Gasteiger partial charge in [0.15, 0.2) is 0 Å². The molecule has 0 heterocycles. The molecule has 0 saturated carbocycles. The summed E-state index contributed by atoms with van der Waals surface area (Å²) in [5.74, 6) is -0.440. The summed E-state index contributed by atoms with van der Waals surface area (Å²) in [6, 6.07) is 3.22. The number of halogens is 3. The minimum atomic E-state index is -4.56. The molecule has 0 radical (unpaired) electrons. The fourth-order valence-electron chi connectivity index (χ4n) is 1.51. The third-order valence-corrected chi connectivity index (χ3v) is 2.55. The van der Waals surface area contributed by atoms with Crippen molar-refractivity contribution in [1.29, 1.82) is 0 Å². The number of methoxy groups -OCH3 is 1. The second-order valence-corrected chi connectivity index (χ2v) is 4.20. The summed E-state index contributed by atoms with van der Waals surface area (Å²) in [6.07, 6.45) is -4.52. The third-order valence-electron chi connectivity index (χ3n) is 2.55. The molecule has 0 spiro atoms. The maximum absolute atomic E-state index is 12.7. The Morgan fingerprint density at radius 1 is 1.29 bits per heavy atom. The lowest BCUT2D eigenvalue weighted by Crippen LogP contribution is -2.16. The molecule has 0 atom stereocenters. The average molecular weight is 306 g/mol. The van der Waals surface area contributed by atoms with Crippen LogP contribution in [0.1, 0.15) is 12.0 Å². The number of alkyl halides is 3. The Bertz CT molecular complexity index is 478. The molecule has 0 fully saturated rings. The van der Waals surface area contributed by atoms with Crippen LogP contribution in [0.25, 0.3) is 0 Å². The number of carbonyl (C=O) groups is 1. The van der Waals surface area contributed by atoms with Gasteiger partial charge in [-0.05, 0) is 18.2 Å². The highest BCUT2D eigenvalue weighted by Crippen LogP contribution is 2.35. The molecule has 0 aromatic heterocycles. The van der Waals surface area contributed by atoms with Crippen LogP contribution < -0.4 is 11.1 Å². The molecule has 0 unspecified atom stereocenters. The van der Waals surface area contributed by atoms with Gasteiger partial charge in [0.2, 0.25) is 5.91 Å². The van der Waals surface area contributed by atoms with Gasteiger partial charge in [-0.25, -0.2) is 0 Å². The molecule has 0 saturated heterocycles. The second-order valence-electron chi connectivity index (χ2n) is 4.20. The topological polar surface area (TPSA) is 73.6 Å². The predicted octanol–water partition coefficient (Wildman–Crippen LogP) is 2.28. The zero-order chi connectivity index (χ0) is 15.9. The number of hydrogen-bond donors (Lipinski definition) is 2. The van der Waals surface area contributed by atoms with Crippen molar-refractivity contribution in [2.24, 2.45) is 0 Å². The molecule has 5 nitrogen and oxygen atoms in total. The lowest BCUT2D eigenvalue weighted by molar-refractivity contribution is -0.137. The van der Waals surface area contributed by atoms with Crippen molar-refractivity contribution in [3.05, 3.63) is 23.8 Å². The minimum absolute atomic E-state index is 0.0371. The van der Waals surface area contributed by atoms with Crippen molar-refractivity contribution in [1.82, 2.24) is 0 Å². The number of anilines is 2. The number of ether oxygens (including phenoxy) is 2. The van der Waals surface area contributed by atoms with Gasteiger partial charge in [0, 0.05) is 18.5 Å². The van der Waals surface area contributed by atoms with E-state index >= 15 is 0 Å². The van der Waals surface area contributed by atoms with Crippen LogP contribution in [0.5, 0.6) is 0 Å². The number of rotatable bonds is 7. The van der Waals surface area contributed by atoms with Crippen LogP contribution in [0.15, 0.2) is 18.2 Å². The fourth-order valence-corrected chi connectivity index (χ4v) is 1.51. The van der Waals surface area contributed by atoms with Crippen molar-refractivity contribution in [2.45, 2.75) is 12.6 Å². The van der Waals surface area contributed by atoms with E-state index < -0.39 is 17.6 Å². The number of carbonyl (C=O) groups excluding carboxylic acids is 1. The Labute approximate surface area is 120 Å². The quantitative estimate of drug-likeness (QED) is 0.599. The molecule has 0 aliphatic carbocycles. The molecular formula is C13H17F3N2O3. The van der Waals surface area contributed by atoms with E-state index in [1.807, 2.05) is 0 Å². The third kappa shape index (κ3) is 6.01. The molecule has 0 aliphatic heterocycles. The van der Waals surface area contributed by atoms with E-state index in [0.29, 0.717) is 13.2 Å². The Balaban J connectivity index is 2.53. The number of nitrogens with two attached hydrogens (primary N) is 1. The summed E-state index contributed by atoms with van der Waals surface area (Å²) in [6.45, 7) is 0.925. The van der Waals surface area contributed by atoms with Crippen molar-refractivity contribution in [3.8, 4) is 0 Å². The van der Waals surface area contributed by atoms with Crippen LogP contribution in [0.2, 0.25) is 0 Å². The summed E-state index contributed by atoms with van der Waals surface area (Å²) >= 11 is 0. The van der Waals surface area contributed by atoms with Crippen LogP contribution >= 0.6 is 0 Å². The second kappa shape index (κ2) is 7.84. The molecule has 8 heteroatoms. The predicted molar refractivity (Wildman–Crippen MR) is 71.8 cm³/mol. The van der Waals surface area contributed by atoms with Crippen molar-refractivity contribution in [3.63, 3.8) is 0 Å². The van der Waals surface area contributed by atoms with Crippen molar-refractivity contribution in [2.75, 3.05) is 38.0 Å². The van der Waals surface area contributed by atoms with Crippen LogP contribution in [0.3, 0.4) is 0 Å². The molecule has 1 aromatic rings. The number of hydrogen-bond acceptors (Lipinski definition) is 4. The Hall–Kier alpha value is -1.80. The monoisotopic (exact) mass is 306 g/mol. The molecule has 0 bridgehead atoms. The Kier molecular flexibility index (Phi) is 6.44. The first-order valence-electron chi connectivity index (χ1n) is 6.18. The van der Waals surface area contributed by atoms with Gasteiger partial charge in [0.05, 0.1) is 31.8 Å². The Morgan fingerprint density at radius 2 is 2.00 bits per heavy atom. The van der Waals surface area contributed by atoms with E-state index in [-0.39, 0.29) is 24.4 Å². The van der Waals surface area contributed by atoms with Gasteiger partial charge >= 0.3 is 6.18 Å². The highest BCUT2D eigenvalue weighted by molar-refractivity contribution is 5.91. The summed E-state index contributed by atoms with van der Waals surface area (Å²) in [5, 5.41) is 2.37. The highest BCUT2D eigenvalue weighted by Gasteiger charge is 2.33. The first kappa shape index (κ1) is 17.3. The SMILES string of the molecule is COCCOCCC(=O)Nc1ccc(N)c(C(F)(F)F)c1. The molecule has 1 amide bonds. The number of amides is 1. The first-order chi connectivity index (χ1) is 9.84. The van der Waals surface area contributed by atoms with Crippen LogP contribution in [-0.4, -0.2) is 32.8 Å². The van der Waals surface area contributed by atoms with Crippen molar-refractivity contribution >= 4 is 17.3 Å². The largest absolute Gasteiger partial charge is 0.418 e. The highest BCUT2D eigenvalue weighted by atomic mass is 19.4. The summed E-state index contributed by atoms with van der Waals surface area (Å²) < 4.78 is 47.8. The summed E-state index contributed by atoms with van der Waals surface area (Å²) in [7, 11) is 1.52. The van der Waals surface area contributed by atoms with E-state index in [9.17, 15) is 18.0 Å². The van der Waals surface area contributed by atoms with Crippen molar-refractivity contribution < 1.29 is 27.4 Å². The standard InChI is InChI=1S/C13H17F3N2O3/c1-20-6-7-21-5-4-12(19)18-9-2-3-11(17)10(8-9)13(14,15)16/h2-3,8H,4-7,17H2,1H3,(H,18,19). The summed E-state index contributed by atoms with van der Waals surface area (Å²) in [5.41, 5.74) is 3.95. The lowest BCUT2D eigenvalue weighted by atomic mass is 10.1. The van der Waals surface area contributed by atoms with E-state index in [2.05, 4.69) is 5.32 Å². The Morgan fingerprint density at radius 3 is 2.62 bits per heavy atom. The molecular weight excluding hydrogens is 289 g/mol. The van der Waals surface area contributed by atoms with E-state index in [1.54, 1.807) is 0 Å². The van der Waals surface area contributed by atoms with Gasteiger partial charge in [-0.3, -0.25) is 4.79 Å². The molecule has 0 aliphatic rings. The number of nitrogen functional groups attached to an aromatic ring is 1. The normalized spacial score (nSPS) is 11.4. The van der Waals surface area contributed by atoms with E-state index in [0.717, 1.165) is 12.1 Å². The van der Waals surface area contributed by atoms with Gasteiger partial charge in [-0.15, -0.1) is 0 Å². The van der Waals surface area contributed by atoms with Crippen LogP contribution in [0, 0.1) is 0 Å². The average Bonchev–Trinajstić information content (AvgIpc) is 2.39. The zero-order valence-corrected chi connectivity index (χ0v) is 11.5. The van der Waals surface area contributed by atoms with Gasteiger partial charge in [-0.2, -0.15) is 13.2 Å². The van der Waals surface area contributed by atoms with Gasteiger partial charge in [-0.1, -0.05) is 0 Å². The smallest absolute Gasteiger partial charge is 0.398 e. The van der Waals surface area contributed by atoms with Gasteiger partial charge in [0.1, 0.15) is 0 Å². The van der Waals surface area contributed by atoms with Crippen LogP contribution in [-0.2, 0) is 20.4 Å². The van der Waals surface area contributed by atoms with E-state index in [4.69, 9.17) is 15.2 Å². The number of benzene rings is 1. The molecule has 21 heavy (non-hydrogen) atoms. The van der Waals surface area contributed by atoms with Crippen LogP contribution in [0.4, 0.5) is 24.5 Å². The van der Waals surface area contributed by atoms with Gasteiger partial charge in [0.25, 0.3) is 0 Å². The first-order valence-corrected chi connectivity index (χ1v) is 6.18. The molecule has 1 rings (SSSR count). The maximum atomic E-state index is 12.7. The summed E-state index contributed by atoms with van der Waals surface area (Å²) in [4.78, 5) is 11.6. The zero-order valence-electron chi connectivity index (χ0n) is 11.5. The molecule has 118 valence electrons. The fraction of sp³-hybridized carbons (Fsp3) is 0.462. The molecule has 1 aromatic carbocycles. The number of nitrogens with one attached hydrogen (secondary N) is 1. The van der Waals surface area contributed by atoms with Gasteiger partial charge < -0.3 is 20.5 Å². The lowest BCUT2D eigenvalue weighted by Gasteiger charge is -2.12. The molecule has 3 N–H and O–H groups in total. The maximum Gasteiger partial charge on any atom is 0.418 e.